The van der Waals surface area contributed by atoms with Gasteiger partial charge in [0.1, 0.15) is 0 Å². The highest BCUT2D eigenvalue weighted by Gasteiger charge is 2.32. The molecule has 0 aliphatic heterocycles. The lowest BCUT2D eigenvalue weighted by Crippen LogP contribution is -2.45. The van der Waals surface area contributed by atoms with E-state index in [0.717, 1.165) is 11.8 Å². The first-order chi connectivity index (χ1) is 13.3. The van der Waals surface area contributed by atoms with Gasteiger partial charge in [0.2, 0.25) is 0 Å². The van der Waals surface area contributed by atoms with Gasteiger partial charge in [-0.15, -0.1) is 0 Å². The third-order valence-electron chi connectivity index (χ3n) is 6.51. The van der Waals surface area contributed by atoms with E-state index in [-0.39, 0.29) is 12.6 Å². The molecule has 27 heavy (non-hydrogen) atoms. The van der Waals surface area contributed by atoms with Crippen LogP contribution in [0.4, 0.5) is 5.69 Å². The molecule has 2 aromatic carbocycles. The summed E-state index contributed by atoms with van der Waals surface area (Å²) in [4.78, 5) is 7.68. The largest absolute Gasteiger partial charge is 0.394 e. The van der Waals surface area contributed by atoms with Crippen LogP contribution < -0.4 is 10.3 Å². The van der Waals surface area contributed by atoms with Gasteiger partial charge in [-0.2, -0.15) is 0 Å². The van der Waals surface area contributed by atoms with Crippen LogP contribution in [0.3, 0.4) is 0 Å². The molecular formula is C24H34N2O. The average Bonchev–Trinajstić information content (AvgIpc) is 3.48. The zero-order chi connectivity index (χ0) is 18.5. The number of aliphatic hydroxyl groups excluding tert-OH is 1. The van der Waals surface area contributed by atoms with Crippen molar-refractivity contribution in [1.29, 1.82) is 0 Å². The lowest BCUT2D eigenvalue weighted by molar-refractivity contribution is 0.264. The third kappa shape index (κ3) is 4.82. The zero-order valence-electron chi connectivity index (χ0n) is 16.5. The summed E-state index contributed by atoms with van der Waals surface area (Å²) in [5.74, 6) is 0. The molecule has 1 unspecified atom stereocenters. The quantitative estimate of drug-likeness (QED) is 0.781. The predicted octanol–water partition coefficient (Wildman–Crippen LogP) is 4.54. The van der Waals surface area contributed by atoms with Crippen LogP contribution >= 0.6 is 0 Å². The fraction of sp³-hybridized carbons (Fsp3) is 0.625. The van der Waals surface area contributed by atoms with Gasteiger partial charge in [-0.05, 0) is 43.7 Å². The number of anilines is 1. The van der Waals surface area contributed by atoms with Crippen molar-refractivity contribution in [3.63, 3.8) is 0 Å². The predicted molar refractivity (Wildman–Crippen MR) is 112 cm³/mol. The number of hydrogen-bond acceptors (Lipinski definition) is 3. The Bertz CT molecular complexity index is 686. The molecule has 2 aromatic rings. The van der Waals surface area contributed by atoms with E-state index < -0.39 is 0 Å². The highest BCUT2D eigenvalue weighted by Crippen LogP contribution is 2.34. The summed E-state index contributed by atoms with van der Waals surface area (Å²) in [5, 5.41) is 11.0. The van der Waals surface area contributed by atoms with E-state index in [0.29, 0.717) is 12.1 Å². The van der Waals surface area contributed by atoms with Crippen LogP contribution in [0, 0.1) is 0 Å². The van der Waals surface area contributed by atoms with Crippen molar-refractivity contribution >= 4 is 5.69 Å². The van der Waals surface area contributed by atoms with Gasteiger partial charge in [-0.1, -0.05) is 68.9 Å². The minimum absolute atomic E-state index is 0.0317. The van der Waals surface area contributed by atoms with Gasteiger partial charge >= 0.3 is 0 Å². The molecule has 3 nitrogen and oxygen atoms in total. The number of nitrogens with zero attached hydrogens (tertiary/aromatic N) is 2. The van der Waals surface area contributed by atoms with Gasteiger partial charge in [0.15, 0.2) is 0 Å². The molecule has 0 spiro atoms. The minimum atomic E-state index is -0.0317. The van der Waals surface area contributed by atoms with Gasteiger partial charge in [0, 0.05) is 12.1 Å². The molecule has 2 aliphatic rings. The Morgan fingerprint density at radius 2 is 1.48 bits per heavy atom. The third-order valence-corrected chi connectivity index (χ3v) is 6.51. The first-order valence-corrected chi connectivity index (χ1v) is 11.1. The molecule has 0 saturated heterocycles. The Morgan fingerprint density at radius 3 is 2.04 bits per heavy atom. The molecular weight excluding hydrogens is 332 g/mol. The molecule has 146 valence electrons. The lowest BCUT2D eigenvalue weighted by atomic mass is 9.89. The average molecular weight is 367 g/mol. The van der Waals surface area contributed by atoms with Gasteiger partial charge in [-0.3, -0.25) is 4.99 Å². The van der Waals surface area contributed by atoms with E-state index >= 15 is 0 Å². The van der Waals surface area contributed by atoms with Crippen LogP contribution in [0.15, 0.2) is 41.4 Å². The van der Waals surface area contributed by atoms with Gasteiger partial charge in [-0.25, -0.2) is 0 Å². The van der Waals surface area contributed by atoms with E-state index in [4.69, 9.17) is 4.99 Å². The second-order valence-electron chi connectivity index (χ2n) is 8.56. The highest BCUT2D eigenvalue weighted by molar-refractivity contribution is 5.57. The molecule has 2 aliphatic carbocycles. The Balaban J connectivity index is 1.50. The first-order valence-electron chi connectivity index (χ1n) is 11.1. The normalized spacial score (nSPS) is 21.6. The summed E-state index contributed by atoms with van der Waals surface area (Å²) in [5.41, 5.74) is 2.64. The van der Waals surface area contributed by atoms with E-state index in [1.807, 2.05) is 6.07 Å². The summed E-state index contributed by atoms with van der Waals surface area (Å²) in [6.45, 7) is 0.117. The topological polar surface area (TPSA) is 35.8 Å². The Labute approximate surface area is 163 Å². The summed E-state index contributed by atoms with van der Waals surface area (Å²) in [6, 6.07) is 14.1. The molecule has 0 bridgehead atoms. The van der Waals surface area contributed by atoms with Crippen LogP contribution in [-0.4, -0.2) is 29.8 Å². The summed E-state index contributed by atoms with van der Waals surface area (Å²) >= 11 is 0. The molecule has 0 amide bonds. The van der Waals surface area contributed by atoms with E-state index in [1.165, 1.54) is 75.5 Å². The van der Waals surface area contributed by atoms with Crippen molar-refractivity contribution < 1.29 is 5.11 Å². The number of rotatable bonds is 7. The van der Waals surface area contributed by atoms with Crippen molar-refractivity contribution in [2.24, 2.45) is 4.99 Å². The number of benzene rings is 1. The first kappa shape index (κ1) is 18.7. The van der Waals surface area contributed by atoms with Crippen molar-refractivity contribution in [1.82, 2.24) is 0 Å². The smallest absolute Gasteiger partial charge is 0.0834 e. The Hall–Kier alpha value is -1.61. The van der Waals surface area contributed by atoms with Crippen molar-refractivity contribution in [2.45, 2.75) is 88.8 Å². The zero-order valence-corrected chi connectivity index (χ0v) is 16.5. The summed E-state index contributed by atoms with van der Waals surface area (Å²) in [7, 11) is 0. The molecule has 1 atom stereocenters. The van der Waals surface area contributed by atoms with Gasteiger partial charge < -0.3 is 10.0 Å². The fourth-order valence-electron chi connectivity index (χ4n) is 5.05. The van der Waals surface area contributed by atoms with Crippen LogP contribution in [-0.2, 0) is 6.42 Å². The van der Waals surface area contributed by atoms with Crippen molar-refractivity contribution in [3.05, 3.63) is 47.3 Å². The molecule has 4 rings (SSSR count). The Morgan fingerprint density at radius 1 is 0.889 bits per heavy atom. The molecule has 0 radical (unpaired) electrons. The van der Waals surface area contributed by atoms with Crippen LogP contribution in [0.2, 0.25) is 0 Å². The fourth-order valence-corrected chi connectivity index (χ4v) is 5.05. The molecule has 2 saturated carbocycles. The standard InChI is InChI=1S/C24H34N2O/c27-18-20(16-19-10-4-1-5-11-19)25-23-17-24(23)26(21-12-6-2-7-13-21)22-14-8-3-9-15-22/h1,4-5,10-11,17,20-22,27H,2-3,6-9,12-16,18H2/b25-23+. The number of hydrogen-bond donors (Lipinski definition) is 1. The molecule has 3 heteroatoms. The maximum absolute atomic E-state index is 9.84. The monoisotopic (exact) mass is 366 g/mol. The van der Waals surface area contributed by atoms with Gasteiger partial charge in [0.25, 0.3) is 0 Å². The summed E-state index contributed by atoms with van der Waals surface area (Å²) in [6.07, 6.45) is 14.5. The molecule has 1 N–H and O–H groups in total. The second-order valence-corrected chi connectivity index (χ2v) is 8.56. The molecule has 0 aromatic heterocycles. The van der Waals surface area contributed by atoms with Crippen LogP contribution in [0.5, 0.6) is 0 Å². The van der Waals surface area contributed by atoms with E-state index in [2.05, 4.69) is 35.2 Å². The Kier molecular flexibility index (Phi) is 6.28. The maximum Gasteiger partial charge on any atom is 0.0834 e. The highest BCUT2D eigenvalue weighted by atomic mass is 16.3. The van der Waals surface area contributed by atoms with E-state index in [1.54, 1.807) is 0 Å². The number of aliphatic hydroxyl groups is 1. The van der Waals surface area contributed by atoms with Crippen molar-refractivity contribution in [3.8, 4) is 0 Å². The van der Waals surface area contributed by atoms with Crippen LogP contribution in [0.1, 0.15) is 69.8 Å². The van der Waals surface area contributed by atoms with Gasteiger partial charge in [0.05, 0.1) is 23.7 Å². The molecule has 0 heterocycles. The van der Waals surface area contributed by atoms with Crippen molar-refractivity contribution in [2.75, 3.05) is 11.5 Å². The summed E-state index contributed by atoms with van der Waals surface area (Å²) < 4.78 is 0. The van der Waals surface area contributed by atoms with Crippen LogP contribution in [0.25, 0.3) is 0 Å². The SMILES string of the molecule is OCC(Cc1ccccc1)/N=c1\cc1N(C1CCCCC1)C1CCCCC1. The van der Waals surface area contributed by atoms with E-state index in [9.17, 15) is 5.11 Å². The minimum Gasteiger partial charge on any atom is -0.394 e. The second kappa shape index (κ2) is 9.05. The molecule has 2 fully saturated rings. The maximum atomic E-state index is 9.84. The lowest BCUT2D eigenvalue weighted by Gasteiger charge is -2.41.